The van der Waals surface area contributed by atoms with Gasteiger partial charge in [-0.3, -0.25) is 0 Å². The molecular formula is C30H27F6N3O. The summed E-state index contributed by atoms with van der Waals surface area (Å²) in [5.41, 5.74) is -0.200. The molecule has 0 saturated heterocycles. The van der Waals surface area contributed by atoms with Gasteiger partial charge in [-0.25, -0.2) is 4.98 Å². The van der Waals surface area contributed by atoms with Crippen LogP contribution < -0.4 is 10.6 Å². The lowest BCUT2D eigenvalue weighted by Gasteiger charge is -2.21. The second-order valence-corrected chi connectivity index (χ2v) is 9.17. The molecule has 0 amide bonds. The van der Waals surface area contributed by atoms with E-state index in [1.165, 1.54) is 6.07 Å². The van der Waals surface area contributed by atoms with Crippen molar-refractivity contribution in [1.82, 2.24) is 15.6 Å². The Morgan fingerprint density at radius 2 is 1.25 bits per heavy atom. The Kier molecular flexibility index (Phi) is 9.24. The Labute approximate surface area is 227 Å². The van der Waals surface area contributed by atoms with Gasteiger partial charge in [0.25, 0.3) is 0 Å². The summed E-state index contributed by atoms with van der Waals surface area (Å²) < 4.78 is 79.3. The smallest absolute Gasteiger partial charge is 0.387 e. The fourth-order valence-corrected chi connectivity index (χ4v) is 4.25. The number of nitrogens with zero attached hydrogens (tertiary/aromatic N) is 1. The third-order valence-corrected chi connectivity index (χ3v) is 6.28. The van der Waals surface area contributed by atoms with Crippen molar-refractivity contribution >= 4 is 0 Å². The highest BCUT2D eigenvalue weighted by Crippen LogP contribution is 2.34. The van der Waals surface area contributed by atoms with Crippen molar-refractivity contribution in [3.63, 3.8) is 0 Å². The Balaban J connectivity index is 1.42. The van der Waals surface area contributed by atoms with Crippen LogP contribution >= 0.6 is 0 Å². The van der Waals surface area contributed by atoms with E-state index in [1.807, 2.05) is 60.7 Å². The molecule has 4 rings (SSSR count). The van der Waals surface area contributed by atoms with Crippen molar-refractivity contribution in [3.8, 4) is 11.3 Å². The van der Waals surface area contributed by atoms with E-state index in [4.69, 9.17) is 0 Å². The third-order valence-electron chi connectivity index (χ3n) is 6.28. The zero-order valence-corrected chi connectivity index (χ0v) is 21.2. The second kappa shape index (κ2) is 12.6. The highest BCUT2D eigenvalue weighted by molar-refractivity contribution is 5.61. The number of nitrogens with one attached hydrogen (secondary N) is 2. The summed E-state index contributed by atoms with van der Waals surface area (Å²) in [4.78, 5) is 3.59. The molecule has 1 heterocycles. The van der Waals surface area contributed by atoms with Gasteiger partial charge in [0, 0.05) is 25.2 Å². The van der Waals surface area contributed by atoms with Gasteiger partial charge in [-0.2, -0.15) is 26.3 Å². The lowest BCUT2D eigenvalue weighted by atomic mass is 9.99. The Morgan fingerprint density at radius 1 is 0.675 bits per heavy atom. The molecule has 0 unspecified atom stereocenters. The lowest BCUT2D eigenvalue weighted by Crippen LogP contribution is -2.32. The van der Waals surface area contributed by atoms with E-state index in [9.17, 15) is 31.4 Å². The maximum absolute atomic E-state index is 13.5. The summed E-state index contributed by atoms with van der Waals surface area (Å²) >= 11 is 0. The first-order valence-corrected chi connectivity index (χ1v) is 12.5. The normalized spacial score (nSPS) is 13.0. The zero-order valence-electron chi connectivity index (χ0n) is 21.2. The molecule has 1 atom stereocenters. The molecule has 0 aliphatic rings. The number of pyridine rings is 1. The molecule has 10 heteroatoms. The first-order valence-electron chi connectivity index (χ1n) is 12.5. The molecule has 0 bridgehead atoms. The van der Waals surface area contributed by atoms with Gasteiger partial charge in [-0.05, 0) is 41.0 Å². The van der Waals surface area contributed by atoms with Gasteiger partial charge >= 0.3 is 12.4 Å². The van der Waals surface area contributed by atoms with Crippen LogP contribution in [0.2, 0.25) is 0 Å². The Morgan fingerprint density at radius 3 is 1.77 bits per heavy atom. The minimum Gasteiger partial charge on any atom is -0.387 e. The van der Waals surface area contributed by atoms with Gasteiger partial charge in [-0.1, -0.05) is 72.8 Å². The Bertz CT molecular complexity index is 1320. The van der Waals surface area contributed by atoms with E-state index in [0.717, 1.165) is 41.5 Å². The van der Waals surface area contributed by atoms with E-state index in [-0.39, 0.29) is 29.4 Å². The minimum absolute atomic E-state index is 0.0449. The van der Waals surface area contributed by atoms with Crippen LogP contribution in [0.5, 0.6) is 0 Å². The van der Waals surface area contributed by atoms with E-state index in [1.54, 1.807) is 0 Å². The van der Waals surface area contributed by atoms with Crippen molar-refractivity contribution in [2.45, 2.75) is 24.5 Å². The SMILES string of the molecule is O[C@H](CNCCNC(c1ccccc1)c1ccccc1)c1cc(-c2ccc(C(F)(F)F)cc2)nc(C(F)(F)F)c1. The van der Waals surface area contributed by atoms with Crippen LogP contribution in [-0.4, -0.2) is 29.7 Å². The predicted molar refractivity (Wildman–Crippen MR) is 140 cm³/mol. The van der Waals surface area contributed by atoms with Crippen molar-refractivity contribution in [1.29, 1.82) is 0 Å². The van der Waals surface area contributed by atoms with Crippen LogP contribution in [-0.2, 0) is 12.4 Å². The van der Waals surface area contributed by atoms with Gasteiger partial charge in [0.15, 0.2) is 0 Å². The first-order chi connectivity index (χ1) is 19.0. The minimum atomic E-state index is -4.81. The fourth-order valence-electron chi connectivity index (χ4n) is 4.25. The monoisotopic (exact) mass is 559 g/mol. The summed E-state index contributed by atoms with van der Waals surface area (Å²) in [5, 5.41) is 17.2. The van der Waals surface area contributed by atoms with Crippen LogP contribution in [0.25, 0.3) is 11.3 Å². The van der Waals surface area contributed by atoms with Crippen molar-refractivity contribution in [3.05, 3.63) is 125 Å². The molecule has 0 aliphatic carbocycles. The average molecular weight is 560 g/mol. The summed E-state index contributed by atoms with van der Waals surface area (Å²) in [7, 11) is 0. The third kappa shape index (κ3) is 7.68. The van der Waals surface area contributed by atoms with E-state index in [0.29, 0.717) is 13.1 Å². The van der Waals surface area contributed by atoms with Crippen molar-refractivity contribution in [2.75, 3.05) is 19.6 Å². The topological polar surface area (TPSA) is 57.2 Å². The fraction of sp³-hybridized carbons (Fsp3) is 0.233. The number of halogens is 6. The van der Waals surface area contributed by atoms with Crippen LogP contribution in [0.15, 0.2) is 97.1 Å². The molecule has 1 aromatic heterocycles. The molecule has 0 radical (unpaired) electrons. The molecule has 0 saturated carbocycles. The molecule has 0 spiro atoms. The maximum Gasteiger partial charge on any atom is 0.433 e. The number of hydrogen-bond donors (Lipinski definition) is 3. The average Bonchev–Trinajstić information content (AvgIpc) is 2.94. The highest BCUT2D eigenvalue weighted by atomic mass is 19.4. The molecule has 4 aromatic rings. The number of aliphatic hydroxyl groups excluding tert-OH is 1. The van der Waals surface area contributed by atoms with Crippen molar-refractivity contribution in [2.24, 2.45) is 0 Å². The lowest BCUT2D eigenvalue weighted by molar-refractivity contribution is -0.141. The van der Waals surface area contributed by atoms with Gasteiger partial charge in [0.2, 0.25) is 0 Å². The number of alkyl halides is 6. The standard InChI is InChI=1S/C30H27F6N3O/c31-29(32,33)24-13-11-20(12-14-24)25-17-23(18-27(39-25)30(34,35)36)26(40)19-37-15-16-38-28(21-7-3-1-4-8-21)22-9-5-2-6-10-22/h1-14,17-18,26,28,37-38,40H,15-16,19H2/t26-/m1/s1. The predicted octanol–water partition coefficient (Wildman–Crippen LogP) is 6.79. The molecule has 4 nitrogen and oxygen atoms in total. The molecular weight excluding hydrogens is 532 g/mol. The maximum atomic E-state index is 13.5. The van der Waals surface area contributed by atoms with Gasteiger partial charge in [0.1, 0.15) is 5.69 Å². The number of benzene rings is 3. The van der Waals surface area contributed by atoms with E-state index < -0.39 is 29.7 Å². The Hall–Kier alpha value is -3.73. The molecule has 3 N–H and O–H groups in total. The first kappa shape index (κ1) is 29.3. The summed E-state index contributed by atoms with van der Waals surface area (Å²) in [6.07, 6.45) is -10.7. The molecule has 210 valence electrons. The van der Waals surface area contributed by atoms with Gasteiger partial charge < -0.3 is 15.7 Å². The largest absolute Gasteiger partial charge is 0.433 e. The molecule has 0 fully saturated rings. The number of aromatic nitrogens is 1. The number of aliphatic hydroxyl groups is 1. The molecule has 40 heavy (non-hydrogen) atoms. The van der Waals surface area contributed by atoms with Crippen LogP contribution in [0.4, 0.5) is 26.3 Å². The van der Waals surface area contributed by atoms with E-state index >= 15 is 0 Å². The second-order valence-electron chi connectivity index (χ2n) is 9.17. The van der Waals surface area contributed by atoms with E-state index in [2.05, 4.69) is 15.6 Å². The molecule has 0 aliphatic heterocycles. The quantitative estimate of drug-likeness (QED) is 0.148. The zero-order chi connectivity index (χ0) is 28.8. The summed E-state index contributed by atoms with van der Waals surface area (Å²) in [5.74, 6) is 0. The van der Waals surface area contributed by atoms with Crippen LogP contribution in [0.3, 0.4) is 0 Å². The van der Waals surface area contributed by atoms with Crippen LogP contribution in [0, 0.1) is 0 Å². The highest BCUT2D eigenvalue weighted by Gasteiger charge is 2.34. The summed E-state index contributed by atoms with van der Waals surface area (Å²) in [6.45, 7) is 0.870. The number of hydrogen-bond acceptors (Lipinski definition) is 4. The van der Waals surface area contributed by atoms with Gasteiger partial charge in [0.05, 0.1) is 23.4 Å². The van der Waals surface area contributed by atoms with Crippen molar-refractivity contribution < 1.29 is 31.4 Å². The summed E-state index contributed by atoms with van der Waals surface area (Å²) in [6, 6.07) is 25.3. The van der Waals surface area contributed by atoms with Crippen LogP contribution in [0.1, 0.15) is 40.1 Å². The molecule has 3 aromatic carbocycles. The number of rotatable bonds is 10. The van der Waals surface area contributed by atoms with Gasteiger partial charge in [-0.15, -0.1) is 0 Å².